The molecule has 0 bridgehead atoms. The maximum absolute atomic E-state index is 13.7. The van der Waals surface area contributed by atoms with Gasteiger partial charge in [-0.3, -0.25) is 4.79 Å². The van der Waals surface area contributed by atoms with Crippen LogP contribution in [0.5, 0.6) is 0 Å². The van der Waals surface area contributed by atoms with Crippen molar-refractivity contribution in [3.63, 3.8) is 0 Å². The third-order valence-corrected chi connectivity index (χ3v) is 2.67. The van der Waals surface area contributed by atoms with E-state index in [1.807, 2.05) is 0 Å². The molecule has 1 aromatic rings. The van der Waals surface area contributed by atoms with Crippen molar-refractivity contribution in [2.45, 2.75) is 26.3 Å². The summed E-state index contributed by atoms with van der Waals surface area (Å²) in [5, 5.41) is 8.69. The van der Waals surface area contributed by atoms with Crippen LogP contribution in [-0.2, 0) is 0 Å². The van der Waals surface area contributed by atoms with Crippen molar-refractivity contribution in [1.29, 1.82) is 0 Å². The first-order valence-electron chi connectivity index (χ1n) is 5.86. The number of halogens is 3. The van der Waals surface area contributed by atoms with Gasteiger partial charge in [-0.2, -0.15) is 0 Å². The van der Waals surface area contributed by atoms with E-state index < -0.39 is 42.3 Å². The maximum atomic E-state index is 13.7. The van der Waals surface area contributed by atoms with Crippen LogP contribution in [0.2, 0.25) is 0 Å². The Kier molecular flexibility index (Phi) is 5.12. The number of carboxylic acids is 1. The first kappa shape index (κ1) is 16.0. The predicted molar refractivity (Wildman–Crippen MR) is 65.5 cm³/mol. The number of nitrogens with zero attached hydrogens (tertiary/aromatic N) is 1. The molecule has 0 heterocycles. The summed E-state index contributed by atoms with van der Waals surface area (Å²) in [6.07, 6.45) is -2.73. The number of rotatable bonds is 5. The lowest BCUT2D eigenvalue weighted by Gasteiger charge is -2.26. The highest BCUT2D eigenvalue weighted by molar-refractivity contribution is 5.96. The molecule has 0 aliphatic heterocycles. The SMILES string of the molecule is CC(C)N(CC(F)F)C(=O)c1ccc(C(=O)O)cc1F. The van der Waals surface area contributed by atoms with Crippen LogP contribution in [0.25, 0.3) is 0 Å². The second-order valence-electron chi connectivity index (χ2n) is 4.44. The average Bonchev–Trinajstić information content (AvgIpc) is 2.34. The monoisotopic (exact) mass is 289 g/mol. The summed E-state index contributed by atoms with van der Waals surface area (Å²) in [5.41, 5.74) is -0.742. The molecule has 0 saturated carbocycles. The molecule has 1 rings (SSSR count). The average molecular weight is 289 g/mol. The van der Waals surface area contributed by atoms with Crippen LogP contribution in [0.15, 0.2) is 18.2 Å². The van der Waals surface area contributed by atoms with Crippen LogP contribution in [-0.4, -0.2) is 40.9 Å². The van der Waals surface area contributed by atoms with E-state index >= 15 is 0 Å². The molecule has 1 N–H and O–H groups in total. The number of aromatic carboxylic acids is 1. The van der Waals surface area contributed by atoms with Crippen molar-refractivity contribution >= 4 is 11.9 Å². The molecule has 110 valence electrons. The molecule has 1 amide bonds. The number of alkyl halides is 2. The second-order valence-corrected chi connectivity index (χ2v) is 4.44. The summed E-state index contributed by atoms with van der Waals surface area (Å²) in [5.74, 6) is -3.28. The van der Waals surface area contributed by atoms with E-state index in [0.29, 0.717) is 6.07 Å². The molecule has 0 aliphatic rings. The van der Waals surface area contributed by atoms with Gasteiger partial charge in [-0.1, -0.05) is 0 Å². The highest BCUT2D eigenvalue weighted by Crippen LogP contribution is 2.16. The Labute approximate surface area is 113 Å². The minimum Gasteiger partial charge on any atom is -0.478 e. The number of carboxylic acid groups (broad SMARTS) is 1. The Morgan fingerprint density at radius 1 is 1.30 bits per heavy atom. The highest BCUT2D eigenvalue weighted by Gasteiger charge is 2.25. The molecule has 0 saturated heterocycles. The quantitative estimate of drug-likeness (QED) is 0.906. The predicted octanol–water partition coefficient (Wildman–Crippen LogP) is 2.64. The Morgan fingerprint density at radius 3 is 2.30 bits per heavy atom. The first-order valence-corrected chi connectivity index (χ1v) is 5.86. The number of hydrogen-bond acceptors (Lipinski definition) is 2. The van der Waals surface area contributed by atoms with E-state index in [0.717, 1.165) is 17.0 Å². The summed E-state index contributed by atoms with van der Waals surface area (Å²) in [4.78, 5) is 23.5. The molecule has 1 aromatic carbocycles. The number of benzene rings is 1. The first-order chi connectivity index (χ1) is 9.23. The molecule has 20 heavy (non-hydrogen) atoms. The Balaban J connectivity index is 3.09. The molecule has 0 fully saturated rings. The third-order valence-electron chi connectivity index (χ3n) is 2.67. The lowest BCUT2D eigenvalue weighted by atomic mass is 10.1. The minimum atomic E-state index is -2.73. The van der Waals surface area contributed by atoms with Gasteiger partial charge in [0.25, 0.3) is 12.3 Å². The van der Waals surface area contributed by atoms with Crippen molar-refractivity contribution in [3.05, 3.63) is 35.1 Å². The molecule has 0 spiro atoms. The molecule has 0 atom stereocenters. The van der Waals surface area contributed by atoms with Gasteiger partial charge in [-0.05, 0) is 32.0 Å². The van der Waals surface area contributed by atoms with Gasteiger partial charge >= 0.3 is 5.97 Å². The van der Waals surface area contributed by atoms with E-state index in [1.54, 1.807) is 0 Å². The summed E-state index contributed by atoms with van der Waals surface area (Å²) >= 11 is 0. The van der Waals surface area contributed by atoms with Gasteiger partial charge in [0.05, 0.1) is 17.7 Å². The van der Waals surface area contributed by atoms with Crippen LogP contribution in [0.1, 0.15) is 34.6 Å². The molecule has 0 aromatic heterocycles. The number of carbonyl (C=O) groups is 2. The van der Waals surface area contributed by atoms with Gasteiger partial charge in [-0.15, -0.1) is 0 Å². The van der Waals surface area contributed by atoms with Gasteiger partial charge in [0, 0.05) is 6.04 Å². The topological polar surface area (TPSA) is 57.6 Å². The lowest BCUT2D eigenvalue weighted by Crippen LogP contribution is -2.40. The Morgan fingerprint density at radius 2 is 1.90 bits per heavy atom. The zero-order valence-corrected chi connectivity index (χ0v) is 10.9. The van der Waals surface area contributed by atoms with Crippen LogP contribution < -0.4 is 0 Å². The van der Waals surface area contributed by atoms with Crippen LogP contribution >= 0.6 is 0 Å². The fraction of sp³-hybridized carbons (Fsp3) is 0.385. The Hall–Kier alpha value is -2.05. The second kappa shape index (κ2) is 6.40. The molecule has 0 radical (unpaired) electrons. The smallest absolute Gasteiger partial charge is 0.335 e. The lowest BCUT2D eigenvalue weighted by molar-refractivity contribution is 0.0472. The van der Waals surface area contributed by atoms with Crippen molar-refractivity contribution in [2.75, 3.05) is 6.54 Å². The van der Waals surface area contributed by atoms with E-state index in [4.69, 9.17) is 5.11 Å². The van der Waals surface area contributed by atoms with Crippen LogP contribution in [0, 0.1) is 5.82 Å². The number of amides is 1. The standard InChI is InChI=1S/C13H14F3NO3/c1-7(2)17(6-11(15)16)12(18)9-4-3-8(13(19)20)5-10(9)14/h3-5,7,11H,6H2,1-2H3,(H,19,20). The summed E-state index contributed by atoms with van der Waals surface area (Å²) in [7, 11) is 0. The fourth-order valence-electron chi connectivity index (χ4n) is 1.65. The summed E-state index contributed by atoms with van der Waals surface area (Å²) in [6, 6.07) is 2.20. The van der Waals surface area contributed by atoms with E-state index in [1.165, 1.54) is 13.8 Å². The van der Waals surface area contributed by atoms with Crippen molar-refractivity contribution < 1.29 is 27.9 Å². The zero-order valence-electron chi connectivity index (χ0n) is 10.9. The number of carbonyl (C=O) groups excluding carboxylic acids is 1. The van der Waals surface area contributed by atoms with Gasteiger partial charge < -0.3 is 10.0 Å². The molecule has 0 aliphatic carbocycles. The normalized spacial score (nSPS) is 10.9. The van der Waals surface area contributed by atoms with Crippen LogP contribution in [0.3, 0.4) is 0 Å². The van der Waals surface area contributed by atoms with Crippen LogP contribution in [0.4, 0.5) is 13.2 Å². The molecular formula is C13H14F3NO3. The van der Waals surface area contributed by atoms with Crippen molar-refractivity contribution in [3.8, 4) is 0 Å². The molecule has 4 nitrogen and oxygen atoms in total. The zero-order chi connectivity index (χ0) is 15.4. The van der Waals surface area contributed by atoms with Crippen molar-refractivity contribution in [2.24, 2.45) is 0 Å². The molecule has 0 unspecified atom stereocenters. The van der Waals surface area contributed by atoms with E-state index in [9.17, 15) is 22.8 Å². The summed E-state index contributed by atoms with van der Waals surface area (Å²) in [6.45, 7) is 2.25. The summed E-state index contributed by atoms with van der Waals surface area (Å²) < 4.78 is 38.6. The third kappa shape index (κ3) is 3.72. The largest absolute Gasteiger partial charge is 0.478 e. The van der Waals surface area contributed by atoms with E-state index in [2.05, 4.69) is 0 Å². The van der Waals surface area contributed by atoms with E-state index in [-0.39, 0.29) is 5.56 Å². The molecular weight excluding hydrogens is 275 g/mol. The minimum absolute atomic E-state index is 0.316. The molecule has 7 heteroatoms. The van der Waals surface area contributed by atoms with Crippen molar-refractivity contribution in [1.82, 2.24) is 4.90 Å². The maximum Gasteiger partial charge on any atom is 0.335 e. The van der Waals surface area contributed by atoms with Gasteiger partial charge in [0.1, 0.15) is 5.82 Å². The fourth-order valence-corrected chi connectivity index (χ4v) is 1.65. The highest BCUT2D eigenvalue weighted by atomic mass is 19.3. The number of hydrogen-bond donors (Lipinski definition) is 1. The Bertz CT molecular complexity index is 518. The van der Waals surface area contributed by atoms with Gasteiger partial charge in [0.15, 0.2) is 0 Å². The van der Waals surface area contributed by atoms with Gasteiger partial charge in [0.2, 0.25) is 0 Å². The van der Waals surface area contributed by atoms with Gasteiger partial charge in [-0.25, -0.2) is 18.0 Å².